The van der Waals surface area contributed by atoms with Gasteiger partial charge in [-0.05, 0) is 18.6 Å². The molecule has 0 radical (unpaired) electrons. The molecule has 16 heavy (non-hydrogen) atoms. The topological polar surface area (TPSA) is 75.7 Å². The van der Waals surface area contributed by atoms with E-state index in [-0.39, 0.29) is 18.2 Å². The molecule has 1 aromatic carbocycles. The van der Waals surface area contributed by atoms with Crippen molar-refractivity contribution < 1.29 is 9.42 Å². The molecule has 0 heterocycles. The van der Waals surface area contributed by atoms with Crippen molar-refractivity contribution >= 4 is 29.0 Å². The van der Waals surface area contributed by atoms with E-state index in [9.17, 15) is 4.21 Å². The average Bonchev–Trinajstić information content (AvgIpc) is 2.29. The van der Waals surface area contributed by atoms with E-state index in [1.807, 2.05) is 30.3 Å². The lowest BCUT2D eigenvalue weighted by Gasteiger charge is -2.01. The van der Waals surface area contributed by atoms with Crippen LogP contribution in [0.25, 0.3) is 0 Å². The van der Waals surface area contributed by atoms with E-state index in [4.69, 9.17) is 10.9 Å². The Morgan fingerprint density at radius 1 is 1.38 bits per heavy atom. The van der Waals surface area contributed by atoms with E-state index in [0.29, 0.717) is 18.6 Å². The molecule has 0 bridgehead atoms. The number of nitrogens with two attached hydrogens (primary N) is 1. The number of halogens is 1. The largest absolute Gasteiger partial charge is 0.409 e. The fourth-order valence-corrected chi connectivity index (χ4v) is 2.23. The summed E-state index contributed by atoms with van der Waals surface area (Å²) in [6.07, 6.45) is 1.12. The predicted molar refractivity (Wildman–Crippen MR) is 67.6 cm³/mol. The number of amidine groups is 1. The third-order valence-electron chi connectivity index (χ3n) is 1.90. The minimum Gasteiger partial charge on any atom is -0.409 e. The maximum Gasteiger partial charge on any atom is 0.139 e. The molecule has 0 saturated carbocycles. The van der Waals surface area contributed by atoms with Crippen LogP contribution in [-0.4, -0.2) is 21.0 Å². The lowest BCUT2D eigenvalue weighted by atomic mass is 10.3. The van der Waals surface area contributed by atoms with Gasteiger partial charge in [0.1, 0.15) is 5.84 Å². The molecule has 1 unspecified atom stereocenters. The molecule has 0 aliphatic carbocycles. The molecule has 4 nitrogen and oxygen atoms in total. The van der Waals surface area contributed by atoms with E-state index in [2.05, 4.69) is 5.16 Å². The maximum atomic E-state index is 11.7. The fraction of sp³-hybridized carbons (Fsp3) is 0.300. The first-order valence-corrected chi connectivity index (χ1v) is 5.95. The Balaban J connectivity index is 0.00000225. The van der Waals surface area contributed by atoms with Crippen molar-refractivity contribution in [2.24, 2.45) is 10.9 Å². The lowest BCUT2D eigenvalue weighted by Crippen LogP contribution is -2.12. The first-order valence-electron chi connectivity index (χ1n) is 4.64. The van der Waals surface area contributed by atoms with E-state index in [0.717, 1.165) is 4.90 Å². The maximum absolute atomic E-state index is 11.7. The summed E-state index contributed by atoms with van der Waals surface area (Å²) in [5.74, 6) is 0.709. The second-order valence-corrected chi connectivity index (χ2v) is 4.63. The van der Waals surface area contributed by atoms with Crippen LogP contribution >= 0.6 is 12.4 Å². The SMILES string of the molecule is Cl.N/C(CCCS(=O)c1ccccc1)=N\O. The molecule has 6 heteroatoms. The number of hydrogen-bond acceptors (Lipinski definition) is 3. The summed E-state index contributed by atoms with van der Waals surface area (Å²) in [5.41, 5.74) is 5.30. The number of nitrogens with zero attached hydrogens (tertiary/aromatic N) is 1. The highest BCUT2D eigenvalue weighted by molar-refractivity contribution is 7.85. The first kappa shape index (κ1) is 14.9. The summed E-state index contributed by atoms with van der Waals surface area (Å²) >= 11 is 0. The fourth-order valence-electron chi connectivity index (χ4n) is 1.12. The van der Waals surface area contributed by atoms with Crippen LogP contribution in [0.1, 0.15) is 12.8 Å². The smallest absolute Gasteiger partial charge is 0.139 e. The highest BCUT2D eigenvalue weighted by Gasteiger charge is 2.03. The number of hydrogen-bond donors (Lipinski definition) is 2. The Morgan fingerprint density at radius 2 is 2.00 bits per heavy atom. The third kappa shape index (κ3) is 5.14. The minimum atomic E-state index is -0.994. The zero-order valence-corrected chi connectivity index (χ0v) is 10.3. The summed E-state index contributed by atoms with van der Waals surface area (Å²) in [5, 5.41) is 11.2. The summed E-state index contributed by atoms with van der Waals surface area (Å²) in [6, 6.07) is 9.27. The molecule has 0 amide bonds. The van der Waals surface area contributed by atoms with Gasteiger partial charge in [-0.1, -0.05) is 23.4 Å². The van der Waals surface area contributed by atoms with Crippen LogP contribution in [0.5, 0.6) is 0 Å². The van der Waals surface area contributed by atoms with Crippen LogP contribution in [0, 0.1) is 0 Å². The molecular weight excluding hydrogens is 248 g/mol. The van der Waals surface area contributed by atoms with Crippen molar-refractivity contribution in [2.45, 2.75) is 17.7 Å². The molecule has 90 valence electrons. The standard InChI is InChI=1S/C10H14N2O2S.ClH/c11-10(12-13)7-4-8-15(14)9-5-2-1-3-6-9;/h1-3,5-6,13H,4,7-8H2,(H2,11,12);1H. The summed E-state index contributed by atoms with van der Waals surface area (Å²) in [6.45, 7) is 0. The van der Waals surface area contributed by atoms with Crippen molar-refractivity contribution in [3.63, 3.8) is 0 Å². The summed E-state index contributed by atoms with van der Waals surface area (Å²) in [4.78, 5) is 0.817. The van der Waals surface area contributed by atoms with Crippen LogP contribution in [0.2, 0.25) is 0 Å². The Morgan fingerprint density at radius 3 is 2.56 bits per heavy atom. The molecule has 1 aromatic rings. The van der Waals surface area contributed by atoms with Gasteiger partial charge in [-0.3, -0.25) is 4.21 Å². The molecule has 0 fully saturated rings. The molecule has 0 saturated heterocycles. The van der Waals surface area contributed by atoms with Gasteiger partial charge < -0.3 is 10.9 Å². The van der Waals surface area contributed by atoms with Gasteiger partial charge in [-0.25, -0.2) is 0 Å². The molecule has 0 aliphatic heterocycles. The van der Waals surface area contributed by atoms with Crippen molar-refractivity contribution in [3.05, 3.63) is 30.3 Å². The average molecular weight is 263 g/mol. The predicted octanol–water partition coefficient (Wildman–Crippen LogP) is 1.74. The van der Waals surface area contributed by atoms with Gasteiger partial charge in [0.2, 0.25) is 0 Å². The van der Waals surface area contributed by atoms with Gasteiger partial charge in [0.15, 0.2) is 0 Å². The monoisotopic (exact) mass is 262 g/mol. The summed E-state index contributed by atoms with van der Waals surface area (Å²) < 4.78 is 11.7. The van der Waals surface area contributed by atoms with Crippen LogP contribution < -0.4 is 5.73 Å². The van der Waals surface area contributed by atoms with Crippen LogP contribution in [0.3, 0.4) is 0 Å². The zero-order valence-electron chi connectivity index (χ0n) is 8.70. The Hall–Kier alpha value is -1.07. The number of oxime groups is 1. The highest BCUT2D eigenvalue weighted by atomic mass is 35.5. The quantitative estimate of drug-likeness (QED) is 0.367. The Bertz CT molecular complexity index is 357. The Kier molecular flexibility index (Phi) is 7.58. The van der Waals surface area contributed by atoms with Gasteiger partial charge in [0.05, 0.1) is 10.8 Å². The minimum absolute atomic E-state index is 0. The van der Waals surface area contributed by atoms with Crippen molar-refractivity contribution in [3.8, 4) is 0 Å². The van der Waals surface area contributed by atoms with E-state index in [1.54, 1.807) is 0 Å². The normalized spacial score (nSPS) is 12.9. The second-order valence-electron chi connectivity index (χ2n) is 3.06. The van der Waals surface area contributed by atoms with Gasteiger partial charge in [0.25, 0.3) is 0 Å². The molecule has 0 spiro atoms. The van der Waals surface area contributed by atoms with E-state index >= 15 is 0 Å². The van der Waals surface area contributed by atoms with E-state index < -0.39 is 10.8 Å². The van der Waals surface area contributed by atoms with Crippen LogP contribution in [-0.2, 0) is 10.8 Å². The number of rotatable bonds is 5. The van der Waals surface area contributed by atoms with E-state index in [1.165, 1.54) is 0 Å². The van der Waals surface area contributed by atoms with Crippen molar-refractivity contribution in [1.29, 1.82) is 0 Å². The zero-order chi connectivity index (χ0) is 11.1. The summed E-state index contributed by atoms with van der Waals surface area (Å²) in [7, 11) is -0.994. The number of benzene rings is 1. The highest BCUT2D eigenvalue weighted by Crippen LogP contribution is 2.07. The second kappa shape index (κ2) is 8.13. The van der Waals surface area contributed by atoms with Gasteiger partial charge in [0, 0.05) is 17.1 Å². The van der Waals surface area contributed by atoms with Gasteiger partial charge in [-0.2, -0.15) is 0 Å². The Labute approximate surface area is 103 Å². The molecular formula is C10H15ClN2O2S. The van der Waals surface area contributed by atoms with Crippen LogP contribution in [0.15, 0.2) is 40.4 Å². The molecule has 0 aromatic heterocycles. The van der Waals surface area contributed by atoms with Gasteiger partial charge in [-0.15, -0.1) is 12.4 Å². The van der Waals surface area contributed by atoms with Crippen molar-refractivity contribution in [2.75, 3.05) is 5.75 Å². The lowest BCUT2D eigenvalue weighted by molar-refractivity contribution is 0.317. The molecule has 1 atom stereocenters. The van der Waals surface area contributed by atoms with Crippen molar-refractivity contribution in [1.82, 2.24) is 0 Å². The van der Waals surface area contributed by atoms with Gasteiger partial charge >= 0.3 is 0 Å². The molecule has 1 rings (SSSR count). The third-order valence-corrected chi connectivity index (χ3v) is 3.35. The van der Waals surface area contributed by atoms with Crippen LogP contribution in [0.4, 0.5) is 0 Å². The molecule has 3 N–H and O–H groups in total. The molecule has 0 aliphatic rings. The first-order chi connectivity index (χ1) is 7.24.